The van der Waals surface area contributed by atoms with Crippen LogP contribution in [0.5, 0.6) is 0 Å². The lowest BCUT2D eigenvalue weighted by molar-refractivity contribution is 0.399. The number of likely N-dealkylation sites (N-methyl/N-ethyl adjacent to an activating group) is 1. The molecule has 2 heterocycles. The van der Waals surface area contributed by atoms with Gasteiger partial charge in [-0.3, -0.25) is 9.23 Å². The van der Waals surface area contributed by atoms with E-state index in [4.69, 9.17) is 0 Å². The van der Waals surface area contributed by atoms with Crippen LogP contribution in [0.3, 0.4) is 0 Å². The first-order chi connectivity index (χ1) is 8.06. The van der Waals surface area contributed by atoms with Gasteiger partial charge in [0.25, 0.3) is 11.3 Å². The van der Waals surface area contributed by atoms with Crippen LogP contribution >= 0.6 is 0 Å². The Morgan fingerprint density at radius 2 is 2.41 bits per heavy atom. The maximum absolute atomic E-state index is 11.3. The molecule has 1 aliphatic rings. The number of likely N-dealkylation sites (tertiary alicyclic amines) is 1. The average molecular weight is 259 g/mol. The Bertz CT molecular complexity index is 410. The molecular formula is C9H17N5O2S. The number of anilines is 1. The zero-order valence-electron chi connectivity index (χ0n) is 9.91. The molecular weight excluding hydrogens is 242 g/mol. The molecule has 17 heavy (non-hydrogen) atoms. The Morgan fingerprint density at radius 3 is 2.88 bits per heavy atom. The zero-order chi connectivity index (χ0) is 12.4. The third-order valence-electron chi connectivity index (χ3n) is 2.77. The lowest BCUT2D eigenvalue weighted by atomic mass is 10.3. The highest BCUT2D eigenvalue weighted by molar-refractivity contribution is 7.80. The van der Waals surface area contributed by atoms with E-state index in [1.54, 1.807) is 24.1 Å². The van der Waals surface area contributed by atoms with Crippen LogP contribution < -0.4 is 9.84 Å². The van der Waals surface area contributed by atoms with Crippen molar-refractivity contribution in [3.63, 3.8) is 0 Å². The average Bonchev–Trinajstić information content (AvgIpc) is 2.83. The number of hydrogen-bond donors (Lipinski definition) is 2. The minimum Gasteiger partial charge on any atom is -0.305 e. The zero-order valence-corrected chi connectivity index (χ0v) is 10.7. The van der Waals surface area contributed by atoms with E-state index in [0.29, 0.717) is 5.69 Å². The van der Waals surface area contributed by atoms with Gasteiger partial charge in [-0.15, -0.1) is 0 Å². The summed E-state index contributed by atoms with van der Waals surface area (Å²) in [6.07, 6.45) is 4.21. The molecule has 2 atom stereocenters. The van der Waals surface area contributed by atoms with Crippen molar-refractivity contribution in [3.8, 4) is 0 Å². The number of hydrogen-bond acceptors (Lipinski definition) is 4. The van der Waals surface area contributed by atoms with Crippen LogP contribution in [0, 0.1) is 0 Å². The van der Waals surface area contributed by atoms with E-state index >= 15 is 0 Å². The maximum Gasteiger partial charge on any atom is 0.276 e. The van der Waals surface area contributed by atoms with E-state index in [1.807, 2.05) is 7.05 Å². The van der Waals surface area contributed by atoms with Crippen LogP contribution in [-0.2, 0) is 18.3 Å². The van der Waals surface area contributed by atoms with E-state index < -0.39 is 11.3 Å². The molecule has 2 rings (SSSR count). The molecule has 7 nitrogen and oxygen atoms in total. The highest BCUT2D eigenvalue weighted by atomic mass is 32.2. The van der Waals surface area contributed by atoms with Crippen LogP contribution in [0.25, 0.3) is 0 Å². The van der Waals surface area contributed by atoms with Gasteiger partial charge in [-0.1, -0.05) is 0 Å². The van der Waals surface area contributed by atoms with Gasteiger partial charge in [0, 0.05) is 19.6 Å². The molecule has 1 aromatic heterocycles. The number of aromatic nitrogens is 2. The summed E-state index contributed by atoms with van der Waals surface area (Å²) in [5, 5.41) is 3.99. The summed E-state index contributed by atoms with van der Waals surface area (Å²) in [5.74, 6) is 0. The van der Waals surface area contributed by atoms with Gasteiger partial charge in [0.1, 0.15) is 5.69 Å². The predicted octanol–water partition coefficient (Wildman–Crippen LogP) is -0.428. The summed E-state index contributed by atoms with van der Waals surface area (Å²) in [5.41, 5.74) is 3.65. The van der Waals surface area contributed by atoms with Crippen molar-refractivity contribution in [3.05, 3.63) is 12.4 Å². The lowest BCUT2D eigenvalue weighted by Crippen LogP contribution is -2.46. The predicted molar refractivity (Wildman–Crippen MR) is 65.5 cm³/mol. The molecule has 8 heteroatoms. The lowest BCUT2D eigenvalue weighted by Gasteiger charge is -2.23. The minimum absolute atomic E-state index is 0.191. The van der Waals surface area contributed by atoms with Crippen molar-refractivity contribution >= 4 is 17.0 Å². The fourth-order valence-electron chi connectivity index (χ4n) is 1.93. The molecule has 0 saturated carbocycles. The molecule has 1 aliphatic heterocycles. The van der Waals surface area contributed by atoms with E-state index in [0.717, 1.165) is 19.5 Å². The van der Waals surface area contributed by atoms with Crippen molar-refractivity contribution in [1.82, 2.24) is 20.1 Å². The number of aryl methyl sites for hydroxylation is 1. The van der Waals surface area contributed by atoms with Crippen molar-refractivity contribution in [1.29, 1.82) is 0 Å². The van der Waals surface area contributed by atoms with Crippen LogP contribution in [0.2, 0.25) is 0 Å². The van der Waals surface area contributed by atoms with E-state index in [2.05, 4.69) is 15.4 Å². The van der Waals surface area contributed by atoms with Gasteiger partial charge in [-0.25, -0.2) is 9.63 Å². The fourth-order valence-corrected chi connectivity index (χ4v) is 2.44. The molecule has 1 unspecified atom stereocenters. The first kappa shape index (κ1) is 12.5. The highest BCUT2D eigenvalue weighted by Gasteiger charge is 2.24. The fraction of sp³-hybridized carbons (Fsp3) is 0.667. The van der Waals surface area contributed by atoms with Crippen LogP contribution in [0.15, 0.2) is 12.4 Å². The Morgan fingerprint density at radius 1 is 1.65 bits per heavy atom. The topological polar surface area (TPSA) is 73.6 Å². The molecule has 96 valence electrons. The van der Waals surface area contributed by atoms with Crippen LogP contribution in [0.4, 0.5) is 5.69 Å². The number of hydrazine groups is 1. The Kier molecular flexibility index (Phi) is 3.77. The number of nitrogens with zero attached hydrogens (tertiary/aromatic N) is 4. The normalized spacial score (nSPS) is 22.9. The number of nitrogens with one attached hydrogen (secondary N) is 1. The first-order valence-electron chi connectivity index (χ1n) is 5.40. The summed E-state index contributed by atoms with van der Waals surface area (Å²) < 4.78 is 23.4. The van der Waals surface area contributed by atoms with E-state index in [9.17, 15) is 8.76 Å². The summed E-state index contributed by atoms with van der Waals surface area (Å²) in [6, 6.07) is 0.191. The van der Waals surface area contributed by atoms with Gasteiger partial charge >= 0.3 is 0 Å². The third kappa shape index (κ3) is 3.03. The second-order valence-electron chi connectivity index (χ2n) is 4.27. The molecule has 0 aliphatic carbocycles. The van der Waals surface area contributed by atoms with Crippen molar-refractivity contribution < 1.29 is 8.76 Å². The quantitative estimate of drug-likeness (QED) is 0.567. The summed E-state index contributed by atoms with van der Waals surface area (Å²) in [6.45, 7) is 1.87. The first-order valence-corrected chi connectivity index (χ1v) is 6.47. The van der Waals surface area contributed by atoms with Gasteiger partial charge < -0.3 is 4.90 Å². The van der Waals surface area contributed by atoms with Gasteiger partial charge in [0.05, 0.1) is 12.4 Å². The van der Waals surface area contributed by atoms with Crippen LogP contribution in [-0.4, -0.2) is 49.6 Å². The summed E-state index contributed by atoms with van der Waals surface area (Å²) >= 11 is -2.10. The smallest absolute Gasteiger partial charge is 0.276 e. The molecule has 1 saturated heterocycles. The largest absolute Gasteiger partial charge is 0.305 e. The van der Waals surface area contributed by atoms with Gasteiger partial charge in [-0.05, 0) is 20.0 Å². The molecule has 0 spiro atoms. The van der Waals surface area contributed by atoms with Gasteiger partial charge in [-0.2, -0.15) is 9.51 Å². The van der Waals surface area contributed by atoms with E-state index in [1.165, 1.54) is 4.41 Å². The monoisotopic (exact) mass is 259 g/mol. The molecule has 0 aromatic carbocycles. The molecule has 1 fully saturated rings. The second kappa shape index (κ2) is 5.13. The SMILES string of the molecule is CN1CC[C@@H](NN(c2cnn(C)c2)S(=O)O)C1. The van der Waals surface area contributed by atoms with Gasteiger partial charge in [0.15, 0.2) is 0 Å². The summed E-state index contributed by atoms with van der Waals surface area (Å²) in [4.78, 5) is 2.18. The minimum atomic E-state index is -2.10. The van der Waals surface area contributed by atoms with Crippen molar-refractivity contribution in [2.24, 2.45) is 7.05 Å². The molecule has 1 aromatic rings. The standard InChI is InChI=1S/C9H17N5O2S/c1-12-4-3-8(6-12)11-14(17(15)16)9-5-10-13(2)7-9/h5,7-8,11H,3-4,6H2,1-2H3,(H,15,16)/t8-/m1/s1. The molecule has 0 amide bonds. The number of rotatable bonds is 4. The third-order valence-corrected chi connectivity index (χ3v) is 3.40. The molecule has 0 bridgehead atoms. The van der Waals surface area contributed by atoms with Crippen molar-refractivity contribution in [2.75, 3.05) is 24.6 Å². The van der Waals surface area contributed by atoms with E-state index in [-0.39, 0.29) is 6.04 Å². The Balaban J connectivity index is 2.05. The molecule has 2 N–H and O–H groups in total. The van der Waals surface area contributed by atoms with Crippen molar-refractivity contribution in [2.45, 2.75) is 12.5 Å². The Hall–Kier alpha value is -0.960. The molecule has 0 radical (unpaired) electrons. The summed E-state index contributed by atoms with van der Waals surface area (Å²) in [7, 11) is 3.80. The van der Waals surface area contributed by atoms with Crippen LogP contribution in [0.1, 0.15) is 6.42 Å². The van der Waals surface area contributed by atoms with Gasteiger partial charge in [0.2, 0.25) is 0 Å². The second-order valence-corrected chi connectivity index (χ2v) is 5.10. The Labute approximate surface area is 103 Å². The highest BCUT2D eigenvalue weighted by Crippen LogP contribution is 2.14. The maximum atomic E-state index is 11.3.